The zero-order chi connectivity index (χ0) is 29.6. The van der Waals surface area contributed by atoms with Gasteiger partial charge in [0, 0.05) is 88.4 Å². The fourth-order valence-electron chi connectivity index (χ4n) is 4.90. The number of fused-ring (bicyclic) bond motifs is 2. The summed E-state index contributed by atoms with van der Waals surface area (Å²) in [5.74, 6) is 0.122. The van der Waals surface area contributed by atoms with E-state index in [1.807, 2.05) is 0 Å². The SMILES string of the molecule is CCCCOC(=O)NCCCCCNC(=O)CCCCC[n+]1c2cc(N(C)C)ccc2cc2ccc(N(C)C)cc21. The van der Waals surface area contributed by atoms with Crippen LogP contribution in [-0.4, -0.2) is 59.9 Å². The van der Waals surface area contributed by atoms with Crippen molar-refractivity contribution < 1.29 is 18.9 Å². The number of carbonyl (C=O) groups excluding carboxylic acids is 2. The lowest BCUT2D eigenvalue weighted by Crippen LogP contribution is -2.36. The summed E-state index contributed by atoms with van der Waals surface area (Å²) in [6.07, 6.45) is 7.76. The van der Waals surface area contributed by atoms with Crippen LogP contribution in [0.15, 0.2) is 42.5 Å². The lowest BCUT2D eigenvalue weighted by atomic mass is 10.1. The molecule has 0 atom stereocenters. The molecule has 0 bridgehead atoms. The summed E-state index contributed by atoms with van der Waals surface area (Å²) >= 11 is 0. The maximum absolute atomic E-state index is 12.3. The number of carbonyl (C=O) groups is 2. The number of nitrogens with one attached hydrogen (secondary N) is 2. The monoisotopic (exact) mass is 564 g/mol. The Hall–Kier alpha value is -3.55. The first-order valence-corrected chi connectivity index (χ1v) is 15.2. The van der Waals surface area contributed by atoms with E-state index in [4.69, 9.17) is 4.74 Å². The number of benzene rings is 2. The molecule has 0 spiro atoms. The fourth-order valence-corrected chi connectivity index (χ4v) is 4.90. The Morgan fingerprint density at radius 3 is 1.90 bits per heavy atom. The number of pyridine rings is 1. The number of hydrogen-bond donors (Lipinski definition) is 2. The van der Waals surface area contributed by atoms with Gasteiger partial charge in [0.2, 0.25) is 16.9 Å². The highest BCUT2D eigenvalue weighted by Crippen LogP contribution is 2.25. The van der Waals surface area contributed by atoms with Crippen LogP contribution in [0.1, 0.15) is 64.7 Å². The van der Waals surface area contributed by atoms with Crippen molar-refractivity contribution in [3.8, 4) is 0 Å². The van der Waals surface area contributed by atoms with Crippen LogP contribution < -0.4 is 25.0 Å². The molecule has 0 unspecified atom stereocenters. The highest BCUT2D eigenvalue weighted by Gasteiger charge is 2.17. The van der Waals surface area contributed by atoms with Crippen molar-refractivity contribution in [1.82, 2.24) is 10.6 Å². The van der Waals surface area contributed by atoms with Crippen molar-refractivity contribution in [2.24, 2.45) is 0 Å². The van der Waals surface area contributed by atoms with E-state index in [1.54, 1.807) is 0 Å². The van der Waals surface area contributed by atoms with Gasteiger partial charge in [-0.1, -0.05) is 13.3 Å². The summed E-state index contributed by atoms with van der Waals surface area (Å²) < 4.78 is 7.52. The molecule has 8 nitrogen and oxygen atoms in total. The molecule has 1 aromatic heterocycles. The summed E-state index contributed by atoms with van der Waals surface area (Å²) in [7, 11) is 8.31. The molecular weight excluding hydrogens is 514 g/mol. The summed E-state index contributed by atoms with van der Waals surface area (Å²) in [5.41, 5.74) is 4.85. The van der Waals surface area contributed by atoms with Crippen molar-refractivity contribution >= 4 is 45.2 Å². The first kappa shape index (κ1) is 32.0. The third kappa shape index (κ3) is 10.1. The van der Waals surface area contributed by atoms with Gasteiger partial charge in [-0.05, 0) is 68.9 Å². The Kier molecular flexibility index (Phi) is 13.0. The van der Waals surface area contributed by atoms with Gasteiger partial charge in [0.15, 0.2) is 0 Å². The average molecular weight is 565 g/mol. The van der Waals surface area contributed by atoms with Crippen LogP contribution in [0.4, 0.5) is 16.2 Å². The van der Waals surface area contributed by atoms with Crippen molar-refractivity contribution in [2.45, 2.75) is 71.3 Å². The molecule has 0 saturated heterocycles. The molecule has 0 saturated carbocycles. The van der Waals surface area contributed by atoms with E-state index in [-0.39, 0.29) is 12.0 Å². The number of aryl methyl sites for hydroxylation is 1. The molecule has 0 aliphatic carbocycles. The van der Waals surface area contributed by atoms with Crippen LogP contribution >= 0.6 is 0 Å². The summed E-state index contributed by atoms with van der Waals surface area (Å²) in [6, 6.07) is 15.6. The van der Waals surface area contributed by atoms with E-state index >= 15 is 0 Å². The van der Waals surface area contributed by atoms with Crippen molar-refractivity contribution in [3.63, 3.8) is 0 Å². The normalized spacial score (nSPS) is 11.0. The van der Waals surface area contributed by atoms with Crippen LogP contribution in [0.2, 0.25) is 0 Å². The molecule has 2 N–H and O–H groups in total. The molecule has 2 amide bonds. The van der Waals surface area contributed by atoms with E-state index < -0.39 is 0 Å². The molecular formula is C33H50N5O3+. The maximum Gasteiger partial charge on any atom is 0.407 e. The van der Waals surface area contributed by atoms with Gasteiger partial charge in [0.25, 0.3) is 0 Å². The largest absolute Gasteiger partial charge is 0.450 e. The van der Waals surface area contributed by atoms with Crippen molar-refractivity contribution in [1.29, 1.82) is 0 Å². The van der Waals surface area contributed by atoms with Crippen molar-refractivity contribution in [2.75, 3.05) is 57.7 Å². The second-order valence-electron chi connectivity index (χ2n) is 11.2. The lowest BCUT2D eigenvalue weighted by molar-refractivity contribution is -0.645. The van der Waals surface area contributed by atoms with Crippen LogP contribution in [0.5, 0.6) is 0 Å². The Morgan fingerprint density at radius 2 is 1.32 bits per heavy atom. The third-order valence-corrected chi connectivity index (χ3v) is 7.42. The average Bonchev–Trinajstić information content (AvgIpc) is 2.95. The van der Waals surface area contributed by atoms with Gasteiger partial charge in [-0.3, -0.25) is 4.79 Å². The molecule has 3 aromatic rings. The van der Waals surface area contributed by atoms with Gasteiger partial charge in [-0.25, -0.2) is 4.79 Å². The quantitative estimate of drug-likeness (QED) is 0.123. The van der Waals surface area contributed by atoms with Gasteiger partial charge in [0.05, 0.1) is 6.61 Å². The van der Waals surface area contributed by atoms with Gasteiger partial charge >= 0.3 is 6.09 Å². The molecule has 1 heterocycles. The number of unbranched alkanes of at least 4 members (excludes halogenated alkanes) is 5. The first-order chi connectivity index (χ1) is 19.8. The standard InChI is InChI=1S/C33H49N5O3/c1-6-7-22-41-33(40)35-20-12-9-11-19-34-32(39)14-10-8-13-21-38-30-24-28(36(2)3)17-15-26(30)23-27-16-18-29(37(4)5)25-31(27)38/h15-18,23-25H,6-14,19-22H2,1-5H3,(H-,34,35,39,40)/p+1. The molecule has 2 aromatic carbocycles. The molecule has 41 heavy (non-hydrogen) atoms. The molecule has 8 heteroatoms. The number of anilines is 2. The topological polar surface area (TPSA) is 77.8 Å². The van der Waals surface area contributed by atoms with Crippen LogP contribution in [0, 0.1) is 0 Å². The van der Waals surface area contributed by atoms with E-state index in [1.165, 1.54) is 33.2 Å². The molecule has 0 fully saturated rings. The lowest BCUT2D eigenvalue weighted by Gasteiger charge is -2.15. The highest BCUT2D eigenvalue weighted by molar-refractivity contribution is 5.91. The summed E-state index contributed by atoms with van der Waals surface area (Å²) in [5, 5.41) is 8.29. The molecule has 3 rings (SSSR count). The predicted octanol–water partition coefficient (Wildman–Crippen LogP) is 5.79. The minimum Gasteiger partial charge on any atom is -0.450 e. The van der Waals surface area contributed by atoms with Gasteiger partial charge < -0.3 is 25.2 Å². The van der Waals surface area contributed by atoms with Crippen LogP contribution in [-0.2, 0) is 16.1 Å². The Labute approximate surface area is 246 Å². The second kappa shape index (κ2) is 16.7. The van der Waals surface area contributed by atoms with Crippen LogP contribution in [0.25, 0.3) is 21.8 Å². The van der Waals surface area contributed by atoms with Gasteiger partial charge in [-0.2, -0.15) is 4.57 Å². The summed E-state index contributed by atoms with van der Waals surface area (Å²) in [6.45, 7) is 4.73. The molecule has 224 valence electrons. The number of ether oxygens (including phenoxy) is 1. The number of alkyl carbamates (subject to hydrolysis) is 1. The number of hydrogen-bond acceptors (Lipinski definition) is 5. The van der Waals surface area contributed by atoms with Crippen LogP contribution in [0.3, 0.4) is 0 Å². The van der Waals surface area contributed by atoms with E-state index in [2.05, 4.69) is 103 Å². The minimum atomic E-state index is -0.338. The predicted molar refractivity (Wildman–Crippen MR) is 170 cm³/mol. The molecule has 0 aliphatic rings. The minimum absolute atomic E-state index is 0.122. The Balaban J connectivity index is 1.44. The smallest absolute Gasteiger partial charge is 0.407 e. The van der Waals surface area contributed by atoms with E-state index in [9.17, 15) is 9.59 Å². The number of rotatable bonds is 17. The molecule has 0 radical (unpaired) electrons. The second-order valence-corrected chi connectivity index (χ2v) is 11.2. The van der Waals surface area contributed by atoms with E-state index in [0.717, 1.165) is 57.9 Å². The zero-order valence-corrected chi connectivity index (χ0v) is 25.8. The van der Waals surface area contributed by atoms with Crippen molar-refractivity contribution in [3.05, 3.63) is 42.5 Å². The number of amides is 2. The Bertz CT molecular complexity index is 1210. The number of aromatic nitrogens is 1. The summed E-state index contributed by atoms with van der Waals surface area (Å²) in [4.78, 5) is 28.1. The van der Waals surface area contributed by atoms with Gasteiger partial charge in [0.1, 0.15) is 6.54 Å². The number of nitrogens with zero attached hydrogens (tertiary/aromatic N) is 3. The highest BCUT2D eigenvalue weighted by atomic mass is 16.5. The first-order valence-electron chi connectivity index (χ1n) is 15.2. The third-order valence-electron chi connectivity index (χ3n) is 7.42. The zero-order valence-electron chi connectivity index (χ0n) is 25.8. The van der Waals surface area contributed by atoms with Gasteiger partial charge in [-0.15, -0.1) is 0 Å². The molecule has 0 aliphatic heterocycles. The fraction of sp³-hybridized carbons (Fsp3) is 0.545. The van der Waals surface area contributed by atoms with E-state index in [0.29, 0.717) is 26.1 Å². The Morgan fingerprint density at radius 1 is 0.732 bits per heavy atom. The maximum atomic E-state index is 12.3.